The first-order chi connectivity index (χ1) is 6.18. The molecule has 1 saturated carbocycles. The summed E-state index contributed by atoms with van der Waals surface area (Å²) in [6.45, 7) is 6.14. The van der Waals surface area contributed by atoms with Gasteiger partial charge in [0.05, 0.1) is 0 Å². The van der Waals surface area contributed by atoms with E-state index in [9.17, 15) is 0 Å². The third-order valence-corrected chi connectivity index (χ3v) is 3.71. The van der Waals surface area contributed by atoms with Crippen molar-refractivity contribution in [2.24, 2.45) is 11.1 Å². The lowest BCUT2D eigenvalue weighted by Crippen LogP contribution is -2.48. The van der Waals surface area contributed by atoms with Crippen molar-refractivity contribution in [3.05, 3.63) is 0 Å². The number of hydrogen-bond acceptors (Lipinski definition) is 2. The van der Waals surface area contributed by atoms with Crippen LogP contribution in [0.25, 0.3) is 0 Å². The Balaban J connectivity index is 1.80. The molecule has 1 saturated heterocycles. The third kappa shape index (κ3) is 2.23. The molecule has 0 aromatic carbocycles. The molecule has 2 aliphatic rings. The van der Waals surface area contributed by atoms with Gasteiger partial charge in [0.15, 0.2) is 0 Å². The Labute approximate surface area is 81.5 Å². The quantitative estimate of drug-likeness (QED) is 0.703. The molecule has 13 heavy (non-hydrogen) atoms. The van der Waals surface area contributed by atoms with E-state index in [1.807, 2.05) is 0 Å². The van der Waals surface area contributed by atoms with Gasteiger partial charge in [-0.05, 0) is 37.6 Å². The first-order valence-electron chi connectivity index (χ1n) is 5.66. The number of nitrogens with two attached hydrogens (primary N) is 1. The van der Waals surface area contributed by atoms with Gasteiger partial charge < -0.3 is 10.6 Å². The van der Waals surface area contributed by atoms with E-state index >= 15 is 0 Å². The molecule has 0 amide bonds. The molecule has 1 aliphatic heterocycles. The second kappa shape index (κ2) is 3.58. The molecule has 2 nitrogen and oxygen atoms in total. The minimum absolute atomic E-state index is 0.442. The molecule has 1 unspecified atom stereocenters. The third-order valence-electron chi connectivity index (χ3n) is 3.71. The normalized spacial score (nSPS) is 34.2. The highest BCUT2D eigenvalue weighted by Crippen LogP contribution is 2.41. The van der Waals surface area contributed by atoms with Crippen LogP contribution in [0.4, 0.5) is 0 Å². The molecule has 1 heterocycles. The van der Waals surface area contributed by atoms with E-state index < -0.39 is 0 Å². The van der Waals surface area contributed by atoms with Crippen LogP contribution in [0.15, 0.2) is 0 Å². The maximum Gasteiger partial charge on any atom is 0.0168 e. The van der Waals surface area contributed by atoms with Crippen LogP contribution in [0.2, 0.25) is 0 Å². The van der Waals surface area contributed by atoms with Crippen LogP contribution in [0.3, 0.4) is 0 Å². The Bertz CT molecular complexity index is 175. The SMILES string of the molecule is CC1(CN2CCCC(N)C2)CCC1. The number of piperidine rings is 1. The van der Waals surface area contributed by atoms with E-state index in [0.29, 0.717) is 11.5 Å². The van der Waals surface area contributed by atoms with Crippen molar-refractivity contribution < 1.29 is 0 Å². The van der Waals surface area contributed by atoms with Crippen LogP contribution >= 0.6 is 0 Å². The predicted molar refractivity (Wildman–Crippen MR) is 55.6 cm³/mol. The average molecular weight is 182 g/mol. The van der Waals surface area contributed by atoms with Crippen molar-refractivity contribution in [3.63, 3.8) is 0 Å². The summed E-state index contributed by atoms with van der Waals surface area (Å²) in [6, 6.07) is 0.442. The van der Waals surface area contributed by atoms with Gasteiger partial charge in [-0.2, -0.15) is 0 Å². The molecule has 76 valence electrons. The molecule has 1 aliphatic carbocycles. The molecule has 0 aromatic heterocycles. The van der Waals surface area contributed by atoms with E-state index in [0.717, 1.165) is 6.54 Å². The van der Waals surface area contributed by atoms with E-state index in [1.54, 1.807) is 0 Å². The van der Waals surface area contributed by atoms with E-state index in [-0.39, 0.29) is 0 Å². The fraction of sp³-hybridized carbons (Fsp3) is 1.00. The van der Waals surface area contributed by atoms with Gasteiger partial charge in [0, 0.05) is 19.1 Å². The predicted octanol–water partition coefficient (Wildman–Crippen LogP) is 1.60. The van der Waals surface area contributed by atoms with Crippen LogP contribution in [-0.2, 0) is 0 Å². The lowest BCUT2D eigenvalue weighted by atomic mass is 9.70. The van der Waals surface area contributed by atoms with Crippen molar-refractivity contribution in [3.8, 4) is 0 Å². The van der Waals surface area contributed by atoms with Crippen LogP contribution in [0.1, 0.15) is 39.0 Å². The van der Waals surface area contributed by atoms with Crippen molar-refractivity contribution >= 4 is 0 Å². The zero-order valence-electron chi connectivity index (χ0n) is 8.76. The highest BCUT2D eigenvalue weighted by Gasteiger charge is 2.34. The molecule has 2 heteroatoms. The summed E-state index contributed by atoms with van der Waals surface area (Å²) < 4.78 is 0. The number of rotatable bonds is 2. The molecule has 0 aromatic rings. The van der Waals surface area contributed by atoms with Crippen molar-refractivity contribution in [2.75, 3.05) is 19.6 Å². The molecule has 2 fully saturated rings. The highest BCUT2D eigenvalue weighted by atomic mass is 15.2. The van der Waals surface area contributed by atoms with E-state index in [2.05, 4.69) is 11.8 Å². The first-order valence-corrected chi connectivity index (χ1v) is 5.66. The second-order valence-corrected chi connectivity index (χ2v) is 5.30. The van der Waals surface area contributed by atoms with Crippen LogP contribution in [-0.4, -0.2) is 30.6 Å². The lowest BCUT2D eigenvalue weighted by molar-refractivity contribution is 0.0697. The molecule has 2 N–H and O–H groups in total. The Morgan fingerprint density at radius 3 is 2.69 bits per heavy atom. The maximum absolute atomic E-state index is 5.96. The number of nitrogens with zero attached hydrogens (tertiary/aromatic N) is 1. The summed E-state index contributed by atoms with van der Waals surface area (Å²) in [5.41, 5.74) is 6.60. The molecule has 0 bridgehead atoms. The van der Waals surface area contributed by atoms with Gasteiger partial charge in [0.2, 0.25) is 0 Å². The van der Waals surface area contributed by atoms with E-state index in [1.165, 1.54) is 45.2 Å². The first kappa shape index (κ1) is 9.47. The molecular weight excluding hydrogens is 160 g/mol. The largest absolute Gasteiger partial charge is 0.327 e. The fourth-order valence-electron chi connectivity index (χ4n) is 2.71. The second-order valence-electron chi connectivity index (χ2n) is 5.30. The summed E-state index contributed by atoms with van der Waals surface area (Å²) >= 11 is 0. The summed E-state index contributed by atoms with van der Waals surface area (Å²) in [5, 5.41) is 0. The minimum atomic E-state index is 0.442. The maximum atomic E-state index is 5.96. The summed E-state index contributed by atoms with van der Waals surface area (Å²) in [6.07, 6.45) is 6.83. The molecule has 2 rings (SSSR count). The standard InChI is InChI=1S/C11H22N2/c1-11(5-3-6-11)9-13-7-2-4-10(12)8-13/h10H,2-9,12H2,1H3. The molecule has 1 atom stereocenters. The smallest absolute Gasteiger partial charge is 0.0168 e. The highest BCUT2D eigenvalue weighted by molar-refractivity contribution is 4.88. The average Bonchev–Trinajstić information content (AvgIpc) is 2.01. The topological polar surface area (TPSA) is 29.3 Å². The Morgan fingerprint density at radius 2 is 2.15 bits per heavy atom. The van der Waals surface area contributed by atoms with Gasteiger partial charge in [0.25, 0.3) is 0 Å². The van der Waals surface area contributed by atoms with Gasteiger partial charge in [0.1, 0.15) is 0 Å². The van der Waals surface area contributed by atoms with Crippen LogP contribution in [0, 0.1) is 5.41 Å². The van der Waals surface area contributed by atoms with Crippen molar-refractivity contribution in [1.29, 1.82) is 0 Å². The lowest BCUT2D eigenvalue weighted by Gasteiger charge is -2.44. The van der Waals surface area contributed by atoms with Gasteiger partial charge in [-0.15, -0.1) is 0 Å². The van der Waals surface area contributed by atoms with Crippen molar-refractivity contribution in [2.45, 2.75) is 45.1 Å². The van der Waals surface area contributed by atoms with Crippen LogP contribution < -0.4 is 5.73 Å². The van der Waals surface area contributed by atoms with Gasteiger partial charge in [-0.25, -0.2) is 0 Å². The number of hydrogen-bond donors (Lipinski definition) is 1. The van der Waals surface area contributed by atoms with Gasteiger partial charge >= 0.3 is 0 Å². The Hall–Kier alpha value is -0.0800. The minimum Gasteiger partial charge on any atom is -0.327 e. The van der Waals surface area contributed by atoms with Crippen LogP contribution in [0.5, 0.6) is 0 Å². The summed E-state index contributed by atoms with van der Waals surface area (Å²) in [7, 11) is 0. The molecule has 0 spiro atoms. The molecule has 0 radical (unpaired) electrons. The fourth-order valence-corrected chi connectivity index (χ4v) is 2.71. The van der Waals surface area contributed by atoms with Gasteiger partial charge in [-0.3, -0.25) is 0 Å². The van der Waals surface area contributed by atoms with E-state index in [4.69, 9.17) is 5.73 Å². The van der Waals surface area contributed by atoms with Crippen molar-refractivity contribution in [1.82, 2.24) is 4.90 Å². The molecular formula is C11H22N2. The Morgan fingerprint density at radius 1 is 1.38 bits per heavy atom. The van der Waals surface area contributed by atoms with Gasteiger partial charge in [-0.1, -0.05) is 13.3 Å². The summed E-state index contributed by atoms with van der Waals surface area (Å²) in [5.74, 6) is 0. The number of likely N-dealkylation sites (tertiary alicyclic amines) is 1. The summed E-state index contributed by atoms with van der Waals surface area (Å²) in [4.78, 5) is 2.58. The zero-order chi connectivity index (χ0) is 9.31. The zero-order valence-corrected chi connectivity index (χ0v) is 8.76. The Kier molecular flexibility index (Phi) is 2.61. The monoisotopic (exact) mass is 182 g/mol.